The zero-order valence-corrected chi connectivity index (χ0v) is 11.7. The summed E-state index contributed by atoms with van der Waals surface area (Å²) < 4.78 is 51.6. The van der Waals surface area contributed by atoms with E-state index in [1.165, 1.54) is 0 Å². The van der Waals surface area contributed by atoms with E-state index in [0.717, 1.165) is 12.1 Å². The van der Waals surface area contributed by atoms with Gasteiger partial charge in [-0.1, -0.05) is 15.9 Å². The maximum atomic E-state index is 13.3. The van der Waals surface area contributed by atoms with Crippen LogP contribution in [-0.2, 0) is 10.0 Å². The predicted octanol–water partition coefficient (Wildman–Crippen LogP) is 3.10. The molecule has 0 saturated carbocycles. The number of nitrogens with one attached hydrogen (secondary N) is 1. The number of anilines is 1. The highest BCUT2D eigenvalue weighted by Crippen LogP contribution is 2.24. The zero-order valence-electron chi connectivity index (χ0n) is 8.51. The molecule has 0 fully saturated rings. The minimum atomic E-state index is -3.78. The predicted molar refractivity (Wildman–Crippen MR) is 66.8 cm³/mol. The van der Waals surface area contributed by atoms with Crippen LogP contribution >= 0.6 is 27.5 Å². The van der Waals surface area contributed by atoms with Crippen molar-refractivity contribution < 1.29 is 17.2 Å². The normalized spacial score (nSPS) is 11.5. The van der Waals surface area contributed by atoms with E-state index in [4.69, 9.17) is 11.6 Å². The maximum Gasteiger partial charge on any atom is 0.232 e. The van der Waals surface area contributed by atoms with E-state index in [1.807, 2.05) is 4.72 Å². The number of benzene rings is 1. The topological polar surface area (TPSA) is 46.2 Å². The molecule has 0 saturated heterocycles. The molecule has 96 valence electrons. The fraction of sp³-hybridized carbons (Fsp3) is 0.333. The highest BCUT2D eigenvalue weighted by Gasteiger charge is 2.17. The number of rotatable bonds is 5. The molecule has 0 aliphatic rings. The lowest BCUT2D eigenvalue weighted by Gasteiger charge is -2.09. The van der Waals surface area contributed by atoms with Crippen molar-refractivity contribution in [2.45, 2.75) is 6.42 Å². The summed E-state index contributed by atoms with van der Waals surface area (Å²) >= 11 is 8.24. The third-order valence-corrected chi connectivity index (χ3v) is 3.88. The molecular weight excluding hydrogens is 340 g/mol. The highest BCUT2D eigenvalue weighted by molar-refractivity contribution is 9.10. The first-order valence-electron chi connectivity index (χ1n) is 4.57. The first-order chi connectivity index (χ1) is 7.85. The Balaban J connectivity index is 2.96. The second-order valence-electron chi connectivity index (χ2n) is 3.21. The van der Waals surface area contributed by atoms with Crippen molar-refractivity contribution in [1.29, 1.82) is 0 Å². The Morgan fingerprint density at radius 3 is 2.29 bits per heavy atom. The SMILES string of the molecule is O=S(=O)(CCCCl)Nc1c(F)cc(Br)cc1F. The molecule has 0 bridgehead atoms. The average Bonchev–Trinajstić information content (AvgIpc) is 2.21. The standard InChI is InChI=1S/C9H9BrClF2NO2S/c10-6-4-7(12)9(8(13)5-6)14-17(15,16)3-1-2-11/h4-5,14H,1-3H2. The lowest BCUT2D eigenvalue weighted by atomic mass is 10.3. The van der Waals surface area contributed by atoms with Gasteiger partial charge in [-0.2, -0.15) is 0 Å². The maximum absolute atomic E-state index is 13.3. The molecule has 0 unspecified atom stereocenters. The van der Waals surface area contributed by atoms with E-state index in [0.29, 0.717) is 0 Å². The third kappa shape index (κ3) is 4.40. The van der Waals surface area contributed by atoms with Crippen molar-refractivity contribution in [1.82, 2.24) is 0 Å². The summed E-state index contributed by atoms with van der Waals surface area (Å²) in [6.07, 6.45) is 0.205. The van der Waals surface area contributed by atoms with Crippen molar-refractivity contribution in [2.24, 2.45) is 0 Å². The van der Waals surface area contributed by atoms with Crippen LogP contribution in [0.3, 0.4) is 0 Å². The summed E-state index contributed by atoms with van der Waals surface area (Å²) in [6.45, 7) is 0. The molecule has 1 aromatic carbocycles. The second kappa shape index (κ2) is 5.97. The van der Waals surface area contributed by atoms with Crippen LogP contribution in [0.2, 0.25) is 0 Å². The Labute approximate surface area is 111 Å². The van der Waals surface area contributed by atoms with Crippen LogP contribution in [0.5, 0.6) is 0 Å². The van der Waals surface area contributed by atoms with Crippen molar-refractivity contribution >= 4 is 43.2 Å². The van der Waals surface area contributed by atoms with Crippen molar-refractivity contribution in [3.05, 3.63) is 28.2 Å². The Hall–Kier alpha value is -0.400. The molecule has 0 atom stereocenters. The van der Waals surface area contributed by atoms with Gasteiger partial charge in [-0.15, -0.1) is 11.6 Å². The van der Waals surface area contributed by atoms with Crippen LogP contribution < -0.4 is 4.72 Å². The number of alkyl halides is 1. The molecule has 0 aromatic heterocycles. The van der Waals surface area contributed by atoms with E-state index in [2.05, 4.69) is 15.9 Å². The van der Waals surface area contributed by atoms with Crippen LogP contribution in [0.1, 0.15) is 6.42 Å². The first kappa shape index (κ1) is 14.7. The van der Waals surface area contributed by atoms with E-state index < -0.39 is 27.3 Å². The molecule has 0 aliphatic carbocycles. The Morgan fingerprint density at radius 1 is 1.29 bits per heavy atom. The Morgan fingerprint density at radius 2 is 1.82 bits per heavy atom. The van der Waals surface area contributed by atoms with Gasteiger partial charge in [-0.25, -0.2) is 17.2 Å². The molecule has 0 spiro atoms. The van der Waals surface area contributed by atoms with Gasteiger partial charge < -0.3 is 0 Å². The lowest BCUT2D eigenvalue weighted by molar-refractivity contribution is 0.581. The monoisotopic (exact) mass is 347 g/mol. The summed E-state index contributed by atoms with van der Waals surface area (Å²) in [5.41, 5.74) is -0.678. The molecule has 1 N–H and O–H groups in total. The Bertz CT molecular complexity index is 487. The van der Waals surface area contributed by atoms with Crippen LogP contribution in [0.15, 0.2) is 16.6 Å². The molecule has 8 heteroatoms. The smallest absolute Gasteiger partial charge is 0.232 e. The van der Waals surface area contributed by atoms with Gasteiger partial charge >= 0.3 is 0 Å². The van der Waals surface area contributed by atoms with E-state index in [-0.39, 0.29) is 22.5 Å². The summed E-state index contributed by atoms with van der Waals surface area (Å²) in [5.74, 6) is -2.09. The van der Waals surface area contributed by atoms with Crippen LogP contribution in [0.4, 0.5) is 14.5 Å². The number of hydrogen-bond acceptors (Lipinski definition) is 2. The molecule has 3 nitrogen and oxygen atoms in total. The zero-order chi connectivity index (χ0) is 13.1. The summed E-state index contributed by atoms with van der Waals surface area (Å²) in [5, 5.41) is 0. The van der Waals surface area contributed by atoms with Gasteiger partial charge in [-0.3, -0.25) is 4.72 Å². The number of sulfonamides is 1. The van der Waals surface area contributed by atoms with Gasteiger partial charge in [0.2, 0.25) is 10.0 Å². The van der Waals surface area contributed by atoms with Crippen molar-refractivity contribution in [3.63, 3.8) is 0 Å². The third-order valence-electron chi connectivity index (χ3n) is 1.81. The molecule has 1 rings (SSSR count). The van der Waals surface area contributed by atoms with Crippen LogP contribution in [0.25, 0.3) is 0 Å². The van der Waals surface area contributed by atoms with Gasteiger partial charge in [0.1, 0.15) is 5.69 Å². The lowest BCUT2D eigenvalue weighted by Crippen LogP contribution is -2.18. The van der Waals surface area contributed by atoms with E-state index in [1.54, 1.807) is 0 Å². The van der Waals surface area contributed by atoms with Crippen LogP contribution in [0, 0.1) is 11.6 Å². The van der Waals surface area contributed by atoms with Gasteiger partial charge in [0.05, 0.1) is 5.75 Å². The fourth-order valence-corrected chi connectivity index (χ4v) is 2.92. The summed E-state index contributed by atoms with van der Waals surface area (Å²) in [7, 11) is -3.78. The van der Waals surface area contributed by atoms with Crippen LogP contribution in [-0.4, -0.2) is 20.1 Å². The van der Waals surface area contributed by atoms with Gasteiger partial charge in [0, 0.05) is 10.4 Å². The molecule has 0 aliphatic heterocycles. The molecule has 0 heterocycles. The number of hydrogen-bond donors (Lipinski definition) is 1. The summed E-state index contributed by atoms with van der Waals surface area (Å²) in [4.78, 5) is 0. The molecule has 0 radical (unpaired) electrons. The summed E-state index contributed by atoms with van der Waals surface area (Å²) in [6, 6.07) is 1.95. The number of halogens is 4. The first-order valence-corrected chi connectivity index (χ1v) is 7.54. The second-order valence-corrected chi connectivity index (χ2v) is 6.34. The van der Waals surface area contributed by atoms with Crippen molar-refractivity contribution in [3.8, 4) is 0 Å². The minimum Gasteiger partial charge on any atom is -0.278 e. The quantitative estimate of drug-likeness (QED) is 0.831. The largest absolute Gasteiger partial charge is 0.278 e. The Kier molecular flexibility index (Phi) is 5.15. The average molecular weight is 349 g/mol. The molecule has 1 aromatic rings. The van der Waals surface area contributed by atoms with E-state index in [9.17, 15) is 17.2 Å². The highest BCUT2D eigenvalue weighted by atomic mass is 79.9. The molecule has 0 amide bonds. The minimum absolute atomic E-state index is 0.159. The molecular formula is C9H9BrClF2NO2S. The molecule has 17 heavy (non-hydrogen) atoms. The van der Waals surface area contributed by atoms with Gasteiger partial charge in [0.25, 0.3) is 0 Å². The van der Waals surface area contributed by atoms with E-state index >= 15 is 0 Å². The van der Waals surface area contributed by atoms with Gasteiger partial charge in [0.15, 0.2) is 11.6 Å². The van der Waals surface area contributed by atoms with Crippen molar-refractivity contribution in [2.75, 3.05) is 16.4 Å². The fourth-order valence-electron chi connectivity index (χ4n) is 1.09. The van der Waals surface area contributed by atoms with Gasteiger partial charge in [-0.05, 0) is 18.6 Å².